The third-order valence-corrected chi connectivity index (χ3v) is 4.09. The number of hydrogen-bond donors (Lipinski definition) is 1. The molecule has 0 aliphatic heterocycles. The number of nitrogens with one attached hydrogen (secondary N) is 1. The van der Waals surface area contributed by atoms with E-state index in [1.54, 1.807) is 11.3 Å². The highest BCUT2D eigenvalue weighted by atomic mass is 32.1. The molecule has 3 rings (SSSR count). The molecule has 18 heavy (non-hydrogen) atoms. The molecule has 1 fully saturated rings. The van der Waals surface area contributed by atoms with E-state index in [0.29, 0.717) is 18.4 Å². The predicted octanol–water partition coefficient (Wildman–Crippen LogP) is 2.56. The van der Waals surface area contributed by atoms with Crippen LogP contribution < -0.4 is 5.32 Å². The average molecular weight is 264 g/mol. The molecule has 0 aromatic carbocycles. The fraction of sp³-hybridized carbons (Fsp3) is 0.583. The molecule has 1 aliphatic rings. The zero-order valence-electron chi connectivity index (χ0n) is 10.5. The summed E-state index contributed by atoms with van der Waals surface area (Å²) in [5.41, 5.74) is 0. The van der Waals surface area contributed by atoms with E-state index in [1.165, 1.54) is 17.7 Å². The maximum Gasteiger partial charge on any atom is 0.240 e. The maximum atomic E-state index is 5.22. The van der Waals surface area contributed by atoms with E-state index < -0.39 is 0 Å². The van der Waals surface area contributed by atoms with Crippen LogP contribution in [-0.4, -0.2) is 15.1 Å². The molecule has 1 aliphatic carbocycles. The van der Waals surface area contributed by atoms with Gasteiger partial charge in [0.05, 0.1) is 12.6 Å². The SMILES string of the molecule is Cc1cnc([C@H](C)NCc2nc(C3CC3)no2)s1. The lowest BCUT2D eigenvalue weighted by atomic mass is 10.3. The highest BCUT2D eigenvalue weighted by Crippen LogP contribution is 2.38. The average Bonchev–Trinajstić information content (AvgIpc) is 2.95. The molecule has 0 amide bonds. The summed E-state index contributed by atoms with van der Waals surface area (Å²) in [5.74, 6) is 2.07. The second-order valence-electron chi connectivity index (χ2n) is 4.73. The van der Waals surface area contributed by atoms with E-state index in [2.05, 4.69) is 34.3 Å². The Kier molecular flexibility index (Phi) is 3.13. The molecular weight excluding hydrogens is 248 g/mol. The molecule has 2 aromatic rings. The van der Waals surface area contributed by atoms with E-state index >= 15 is 0 Å². The fourth-order valence-electron chi connectivity index (χ4n) is 1.75. The first-order valence-corrected chi connectivity index (χ1v) is 7.02. The minimum absolute atomic E-state index is 0.208. The van der Waals surface area contributed by atoms with Crippen LogP contribution in [-0.2, 0) is 6.54 Å². The van der Waals surface area contributed by atoms with E-state index in [4.69, 9.17) is 4.52 Å². The summed E-state index contributed by atoms with van der Waals surface area (Å²) in [6.07, 6.45) is 4.29. The standard InChI is InChI=1S/C12H16N4OS/c1-7-5-14-12(18-7)8(2)13-6-10-15-11(16-17-10)9-3-4-9/h5,8-9,13H,3-4,6H2,1-2H3/t8-/m0/s1. The lowest BCUT2D eigenvalue weighted by molar-refractivity contribution is 0.356. The van der Waals surface area contributed by atoms with Crippen molar-refractivity contribution < 1.29 is 4.52 Å². The van der Waals surface area contributed by atoms with Crippen molar-refractivity contribution in [2.45, 2.75) is 45.2 Å². The first kappa shape index (κ1) is 11.8. The summed E-state index contributed by atoms with van der Waals surface area (Å²) < 4.78 is 5.22. The monoisotopic (exact) mass is 264 g/mol. The molecule has 0 radical (unpaired) electrons. The van der Waals surface area contributed by atoms with Crippen molar-refractivity contribution in [1.82, 2.24) is 20.4 Å². The van der Waals surface area contributed by atoms with Gasteiger partial charge in [-0.1, -0.05) is 5.16 Å². The minimum Gasteiger partial charge on any atom is -0.338 e. The molecule has 1 atom stereocenters. The number of hydrogen-bond acceptors (Lipinski definition) is 6. The Bertz CT molecular complexity index is 532. The van der Waals surface area contributed by atoms with Crippen LogP contribution >= 0.6 is 11.3 Å². The lowest BCUT2D eigenvalue weighted by Crippen LogP contribution is -2.18. The molecule has 5 nitrogen and oxygen atoms in total. The van der Waals surface area contributed by atoms with Gasteiger partial charge < -0.3 is 4.52 Å². The molecule has 2 aromatic heterocycles. The summed E-state index contributed by atoms with van der Waals surface area (Å²) in [6, 6.07) is 0.208. The van der Waals surface area contributed by atoms with Crippen molar-refractivity contribution in [2.24, 2.45) is 0 Å². The molecule has 6 heteroatoms. The van der Waals surface area contributed by atoms with Gasteiger partial charge in [-0.2, -0.15) is 4.98 Å². The highest BCUT2D eigenvalue weighted by molar-refractivity contribution is 7.11. The van der Waals surface area contributed by atoms with Crippen LogP contribution in [0.4, 0.5) is 0 Å². The van der Waals surface area contributed by atoms with Crippen molar-refractivity contribution in [3.63, 3.8) is 0 Å². The van der Waals surface area contributed by atoms with Gasteiger partial charge in [-0.25, -0.2) is 4.98 Å². The number of thiazole rings is 1. The van der Waals surface area contributed by atoms with Crippen molar-refractivity contribution in [3.05, 3.63) is 27.8 Å². The van der Waals surface area contributed by atoms with Gasteiger partial charge in [0.15, 0.2) is 5.82 Å². The summed E-state index contributed by atoms with van der Waals surface area (Å²) in [5, 5.41) is 8.44. The third-order valence-electron chi connectivity index (χ3n) is 3.00. The molecule has 2 heterocycles. The Morgan fingerprint density at radius 2 is 2.39 bits per heavy atom. The molecule has 0 saturated heterocycles. The maximum absolute atomic E-state index is 5.22. The fourth-order valence-corrected chi connectivity index (χ4v) is 2.55. The second kappa shape index (κ2) is 4.78. The van der Waals surface area contributed by atoms with Gasteiger partial charge >= 0.3 is 0 Å². The lowest BCUT2D eigenvalue weighted by Gasteiger charge is -2.08. The van der Waals surface area contributed by atoms with Gasteiger partial charge in [0, 0.05) is 17.0 Å². The van der Waals surface area contributed by atoms with Gasteiger partial charge in [0.25, 0.3) is 0 Å². The van der Waals surface area contributed by atoms with Crippen LogP contribution in [0.15, 0.2) is 10.7 Å². The van der Waals surface area contributed by atoms with Crippen LogP contribution in [0.1, 0.15) is 53.3 Å². The van der Waals surface area contributed by atoms with E-state index in [9.17, 15) is 0 Å². The van der Waals surface area contributed by atoms with Crippen molar-refractivity contribution >= 4 is 11.3 Å². The Labute approximate surface area is 110 Å². The third kappa shape index (κ3) is 2.59. The Balaban J connectivity index is 1.56. The molecule has 1 saturated carbocycles. The van der Waals surface area contributed by atoms with Crippen LogP contribution in [0.25, 0.3) is 0 Å². The number of rotatable bonds is 5. The van der Waals surface area contributed by atoms with Crippen LogP contribution in [0, 0.1) is 6.92 Å². The Morgan fingerprint density at radius 3 is 3.06 bits per heavy atom. The quantitative estimate of drug-likeness (QED) is 0.899. The molecule has 1 N–H and O–H groups in total. The zero-order chi connectivity index (χ0) is 12.5. The Hall–Kier alpha value is -1.27. The summed E-state index contributed by atoms with van der Waals surface area (Å²) >= 11 is 1.71. The molecule has 0 spiro atoms. The first-order chi connectivity index (χ1) is 8.72. The second-order valence-corrected chi connectivity index (χ2v) is 6.00. The Morgan fingerprint density at radius 1 is 1.56 bits per heavy atom. The largest absolute Gasteiger partial charge is 0.338 e. The number of aryl methyl sites for hydroxylation is 1. The van der Waals surface area contributed by atoms with Gasteiger partial charge in [-0.05, 0) is 26.7 Å². The highest BCUT2D eigenvalue weighted by Gasteiger charge is 2.28. The molecular formula is C12H16N4OS. The van der Waals surface area contributed by atoms with Gasteiger partial charge in [0.2, 0.25) is 5.89 Å². The molecule has 0 unspecified atom stereocenters. The van der Waals surface area contributed by atoms with Crippen LogP contribution in [0.2, 0.25) is 0 Å². The first-order valence-electron chi connectivity index (χ1n) is 6.20. The normalized spacial score (nSPS) is 17.0. The van der Waals surface area contributed by atoms with Crippen LogP contribution in [0.5, 0.6) is 0 Å². The van der Waals surface area contributed by atoms with Gasteiger partial charge in [0.1, 0.15) is 5.01 Å². The van der Waals surface area contributed by atoms with Crippen molar-refractivity contribution in [1.29, 1.82) is 0 Å². The van der Waals surface area contributed by atoms with Gasteiger partial charge in [-0.3, -0.25) is 5.32 Å². The van der Waals surface area contributed by atoms with E-state index in [-0.39, 0.29) is 6.04 Å². The van der Waals surface area contributed by atoms with E-state index in [0.717, 1.165) is 10.8 Å². The summed E-state index contributed by atoms with van der Waals surface area (Å²) in [6.45, 7) is 4.75. The topological polar surface area (TPSA) is 63.8 Å². The van der Waals surface area contributed by atoms with E-state index in [1.807, 2.05) is 6.20 Å². The summed E-state index contributed by atoms with van der Waals surface area (Å²) in [4.78, 5) is 9.98. The summed E-state index contributed by atoms with van der Waals surface area (Å²) in [7, 11) is 0. The zero-order valence-corrected chi connectivity index (χ0v) is 11.3. The number of nitrogens with zero attached hydrogens (tertiary/aromatic N) is 3. The van der Waals surface area contributed by atoms with Gasteiger partial charge in [-0.15, -0.1) is 11.3 Å². The van der Waals surface area contributed by atoms with Crippen LogP contribution in [0.3, 0.4) is 0 Å². The smallest absolute Gasteiger partial charge is 0.240 e. The minimum atomic E-state index is 0.208. The molecule has 0 bridgehead atoms. The number of aromatic nitrogens is 3. The molecule has 96 valence electrons. The predicted molar refractivity (Wildman–Crippen MR) is 68.4 cm³/mol. The van der Waals surface area contributed by atoms with Crippen molar-refractivity contribution in [3.8, 4) is 0 Å². The van der Waals surface area contributed by atoms with Crippen molar-refractivity contribution in [2.75, 3.05) is 0 Å².